The van der Waals surface area contributed by atoms with E-state index in [1.807, 2.05) is 0 Å². The summed E-state index contributed by atoms with van der Waals surface area (Å²) in [5, 5.41) is 14.4. The Balaban J connectivity index is 1.72. The van der Waals surface area contributed by atoms with Crippen molar-refractivity contribution < 1.29 is 41.7 Å². The molecule has 1 atom stereocenters. The molecule has 0 bridgehead atoms. The first-order valence-electron chi connectivity index (χ1n) is 10.1. The number of rotatable bonds is 5. The molecule has 2 amide bonds. The molecule has 182 valence electrons. The number of nitrogens with zero attached hydrogens (tertiary/aromatic N) is 1. The molecule has 1 aliphatic rings. The molecule has 1 unspecified atom stereocenters. The highest BCUT2D eigenvalue weighted by Crippen LogP contribution is 2.41. The highest BCUT2D eigenvalue weighted by atomic mass is 19.4. The quantitative estimate of drug-likeness (QED) is 0.448. The number of ether oxygens (including phenoxy) is 2. The summed E-state index contributed by atoms with van der Waals surface area (Å²) >= 11 is 0. The average molecular weight is 491 g/mol. The molecule has 2 aromatic carbocycles. The number of carboxylic acids is 1. The van der Waals surface area contributed by atoms with Gasteiger partial charge >= 0.3 is 18.4 Å². The molecule has 0 radical (unpaired) electrons. The number of carbonyl (C=O) groups is 2. The lowest BCUT2D eigenvalue weighted by molar-refractivity contribution is -0.275. The lowest BCUT2D eigenvalue weighted by atomic mass is 9.81. The number of pyridine rings is 1. The molecule has 0 aliphatic carbocycles. The van der Waals surface area contributed by atoms with Crippen LogP contribution in [0.3, 0.4) is 0 Å². The van der Waals surface area contributed by atoms with Crippen LogP contribution in [0.25, 0.3) is 0 Å². The summed E-state index contributed by atoms with van der Waals surface area (Å²) in [6.45, 7) is 0.0793. The van der Waals surface area contributed by atoms with Gasteiger partial charge in [-0.25, -0.2) is 14.0 Å². The van der Waals surface area contributed by atoms with Gasteiger partial charge in [0.25, 0.3) is 0 Å². The third kappa shape index (κ3) is 5.10. The Hall–Kier alpha value is -4.35. The molecule has 12 heteroatoms. The van der Waals surface area contributed by atoms with Crippen LogP contribution < -0.4 is 20.1 Å². The van der Waals surface area contributed by atoms with E-state index < -0.39 is 35.5 Å². The predicted molar refractivity (Wildman–Crippen MR) is 114 cm³/mol. The summed E-state index contributed by atoms with van der Waals surface area (Å²) in [4.78, 5) is 28.5. The van der Waals surface area contributed by atoms with Gasteiger partial charge in [-0.1, -0.05) is 12.1 Å². The Bertz CT molecular complexity index is 1280. The molecular formula is C23H17F4N3O5. The van der Waals surface area contributed by atoms with Crippen molar-refractivity contribution in [1.29, 1.82) is 0 Å². The van der Waals surface area contributed by atoms with Gasteiger partial charge in [0, 0.05) is 18.3 Å². The van der Waals surface area contributed by atoms with Crippen molar-refractivity contribution in [2.45, 2.75) is 18.3 Å². The van der Waals surface area contributed by atoms with Crippen molar-refractivity contribution in [3.8, 4) is 11.5 Å². The monoisotopic (exact) mass is 491 g/mol. The number of nitrogens with one attached hydrogen (secondary N) is 2. The van der Waals surface area contributed by atoms with Crippen molar-refractivity contribution in [2.75, 3.05) is 11.9 Å². The van der Waals surface area contributed by atoms with Crippen molar-refractivity contribution in [1.82, 2.24) is 10.3 Å². The van der Waals surface area contributed by atoms with Gasteiger partial charge in [0.05, 0.1) is 12.2 Å². The fourth-order valence-corrected chi connectivity index (χ4v) is 3.79. The van der Waals surface area contributed by atoms with E-state index in [0.29, 0.717) is 5.75 Å². The number of amides is 2. The number of alkyl halides is 3. The molecule has 3 N–H and O–H groups in total. The number of aromatic nitrogens is 1. The Kier molecular flexibility index (Phi) is 6.20. The number of aromatic carboxylic acids is 1. The van der Waals surface area contributed by atoms with Crippen LogP contribution in [0, 0.1) is 5.82 Å². The van der Waals surface area contributed by atoms with Crippen LogP contribution in [0.2, 0.25) is 0 Å². The van der Waals surface area contributed by atoms with E-state index in [1.54, 1.807) is 12.1 Å². The molecule has 0 spiro atoms. The summed E-state index contributed by atoms with van der Waals surface area (Å²) in [7, 11) is 0. The smallest absolute Gasteiger partial charge is 0.491 e. The van der Waals surface area contributed by atoms with Crippen LogP contribution in [-0.2, 0) is 5.54 Å². The SMILES string of the molecule is O=C(Nc1cccc(C(=O)O)c1)NC1(c2ccc(OC(F)(F)F)c(F)c2)CCOc2cccnc21. The van der Waals surface area contributed by atoms with E-state index in [0.717, 1.165) is 12.1 Å². The molecule has 1 aliphatic heterocycles. The lowest BCUT2D eigenvalue weighted by Crippen LogP contribution is -2.51. The van der Waals surface area contributed by atoms with E-state index in [-0.39, 0.29) is 35.5 Å². The van der Waals surface area contributed by atoms with Crippen molar-refractivity contribution >= 4 is 17.7 Å². The summed E-state index contributed by atoms with van der Waals surface area (Å²) in [5.74, 6) is -3.22. The third-order valence-corrected chi connectivity index (χ3v) is 5.25. The zero-order valence-electron chi connectivity index (χ0n) is 17.7. The first-order chi connectivity index (χ1) is 16.6. The second kappa shape index (κ2) is 9.12. The van der Waals surface area contributed by atoms with Gasteiger partial charge in [0.15, 0.2) is 11.6 Å². The van der Waals surface area contributed by atoms with Crippen LogP contribution in [0.15, 0.2) is 60.8 Å². The Morgan fingerprint density at radius 3 is 2.63 bits per heavy atom. The number of halogens is 4. The third-order valence-electron chi connectivity index (χ3n) is 5.25. The minimum absolute atomic E-state index is 0.0575. The van der Waals surface area contributed by atoms with Gasteiger partial charge in [0.2, 0.25) is 0 Å². The number of urea groups is 1. The Morgan fingerprint density at radius 1 is 1.11 bits per heavy atom. The van der Waals surface area contributed by atoms with Crippen LogP contribution in [0.4, 0.5) is 28.0 Å². The van der Waals surface area contributed by atoms with Gasteiger partial charge in [-0.3, -0.25) is 4.98 Å². The molecule has 35 heavy (non-hydrogen) atoms. The normalized spacial score (nSPS) is 17.0. The van der Waals surface area contributed by atoms with Crippen LogP contribution in [0.5, 0.6) is 11.5 Å². The van der Waals surface area contributed by atoms with Crippen LogP contribution in [-0.4, -0.2) is 35.1 Å². The molecule has 8 nitrogen and oxygen atoms in total. The number of hydrogen-bond acceptors (Lipinski definition) is 5. The minimum Gasteiger partial charge on any atom is -0.491 e. The fourth-order valence-electron chi connectivity index (χ4n) is 3.79. The molecule has 2 heterocycles. The Morgan fingerprint density at radius 2 is 1.91 bits per heavy atom. The number of carboxylic acid groups (broad SMARTS) is 1. The number of hydrogen-bond donors (Lipinski definition) is 3. The number of fused-ring (bicyclic) bond motifs is 1. The van der Waals surface area contributed by atoms with Crippen molar-refractivity contribution in [3.05, 3.63) is 83.4 Å². The zero-order valence-corrected chi connectivity index (χ0v) is 17.7. The van der Waals surface area contributed by atoms with Crippen LogP contribution >= 0.6 is 0 Å². The number of benzene rings is 2. The zero-order chi connectivity index (χ0) is 25.2. The largest absolute Gasteiger partial charge is 0.573 e. The highest BCUT2D eigenvalue weighted by molar-refractivity contribution is 5.93. The highest BCUT2D eigenvalue weighted by Gasteiger charge is 2.43. The van der Waals surface area contributed by atoms with E-state index in [1.165, 1.54) is 36.5 Å². The second-order valence-corrected chi connectivity index (χ2v) is 7.51. The molecule has 0 saturated heterocycles. The predicted octanol–water partition coefficient (Wildman–Crippen LogP) is 4.67. The molecule has 0 fully saturated rings. The van der Waals surface area contributed by atoms with Gasteiger partial charge in [0.1, 0.15) is 17.0 Å². The van der Waals surface area contributed by atoms with Crippen molar-refractivity contribution in [3.63, 3.8) is 0 Å². The summed E-state index contributed by atoms with van der Waals surface area (Å²) in [6.07, 6.45) is -3.59. The van der Waals surface area contributed by atoms with Gasteiger partial charge < -0.3 is 25.2 Å². The van der Waals surface area contributed by atoms with E-state index in [9.17, 15) is 27.2 Å². The molecule has 1 aromatic heterocycles. The maximum Gasteiger partial charge on any atom is 0.573 e. The van der Waals surface area contributed by atoms with Crippen molar-refractivity contribution in [2.24, 2.45) is 0 Å². The molecule has 4 rings (SSSR count). The minimum atomic E-state index is -5.09. The van der Waals surface area contributed by atoms with Gasteiger partial charge in [-0.05, 0) is 48.0 Å². The molecule has 0 saturated carbocycles. The van der Waals surface area contributed by atoms with Gasteiger partial charge in [-0.2, -0.15) is 0 Å². The first kappa shape index (κ1) is 23.8. The number of carbonyl (C=O) groups excluding carboxylic acids is 1. The summed E-state index contributed by atoms with van der Waals surface area (Å²) in [5.41, 5.74) is -1.06. The maximum absolute atomic E-state index is 14.6. The maximum atomic E-state index is 14.6. The standard InChI is InChI=1S/C23H17F4N3O5/c24-16-12-14(6-7-17(16)35-23(25,26)27)22(8-10-34-18-5-2-9-28-19(18)22)30-21(33)29-15-4-1-3-13(11-15)20(31)32/h1-7,9,11-12H,8,10H2,(H,31,32)(H2,29,30,33). The molecular weight excluding hydrogens is 474 g/mol. The van der Waals surface area contributed by atoms with E-state index in [4.69, 9.17) is 9.84 Å². The van der Waals surface area contributed by atoms with E-state index >= 15 is 0 Å². The number of anilines is 1. The fraction of sp³-hybridized carbons (Fsp3) is 0.174. The summed E-state index contributed by atoms with van der Waals surface area (Å²) < 4.78 is 61.7. The average Bonchev–Trinajstić information content (AvgIpc) is 2.80. The van der Waals surface area contributed by atoms with Crippen LogP contribution in [0.1, 0.15) is 28.0 Å². The Labute approximate surface area is 195 Å². The molecule has 3 aromatic rings. The van der Waals surface area contributed by atoms with E-state index in [2.05, 4.69) is 20.4 Å². The lowest BCUT2D eigenvalue weighted by Gasteiger charge is -2.39. The summed E-state index contributed by atoms with van der Waals surface area (Å²) in [6, 6.07) is 10.7. The first-order valence-corrected chi connectivity index (χ1v) is 10.1. The topological polar surface area (TPSA) is 110 Å². The van der Waals surface area contributed by atoms with Gasteiger partial charge in [-0.15, -0.1) is 13.2 Å². The second-order valence-electron chi connectivity index (χ2n) is 7.51.